The van der Waals surface area contributed by atoms with Crippen LogP contribution in [-0.4, -0.2) is 17.8 Å². The summed E-state index contributed by atoms with van der Waals surface area (Å²) in [5.74, 6) is 0.763. The zero-order valence-electron chi connectivity index (χ0n) is 8.69. The average molecular weight is 209 g/mol. The number of carboxylic acid groups (broad SMARTS) is 1. The molecule has 82 valence electrons. The number of ether oxygens (including phenoxy) is 1. The number of nitrogens with one attached hydrogen (secondary N) is 1. The van der Waals surface area contributed by atoms with Crippen LogP contribution in [0.5, 0.6) is 5.75 Å². The van der Waals surface area contributed by atoms with E-state index in [-0.39, 0.29) is 0 Å². The van der Waals surface area contributed by atoms with Crippen LogP contribution >= 0.6 is 0 Å². The van der Waals surface area contributed by atoms with Gasteiger partial charge < -0.3 is 9.84 Å². The fraction of sp³-hybridized carbons (Fsp3) is 0.364. The third kappa shape index (κ3) is 4.35. The minimum atomic E-state index is -1.06. The molecule has 0 aliphatic heterocycles. The third-order valence-corrected chi connectivity index (χ3v) is 1.87. The summed E-state index contributed by atoms with van der Waals surface area (Å²) in [5, 5.41) is 10.7. The van der Waals surface area contributed by atoms with Crippen molar-refractivity contribution >= 4 is 11.8 Å². The summed E-state index contributed by atoms with van der Waals surface area (Å²) in [6, 6.07) is 6.85. The molecule has 0 aliphatic rings. The highest BCUT2D eigenvalue weighted by Gasteiger charge is 1.98. The van der Waals surface area contributed by atoms with Gasteiger partial charge in [-0.05, 0) is 30.7 Å². The van der Waals surface area contributed by atoms with E-state index in [0.717, 1.165) is 18.6 Å². The van der Waals surface area contributed by atoms with Gasteiger partial charge in [0.25, 0.3) is 0 Å². The van der Waals surface area contributed by atoms with E-state index >= 15 is 0 Å². The first-order valence-electron chi connectivity index (χ1n) is 4.95. The molecule has 0 atom stereocenters. The van der Waals surface area contributed by atoms with Crippen LogP contribution in [0.4, 0.5) is 10.5 Å². The maximum absolute atomic E-state index is 10.3. The Hall–Kier alpha value is -1.71. The van der Waals surface area contributed by atoms with Crippen molar-refractivity contribution in [2.24, 2.45) is 0 Å². The first-order valence-corrected chi connectivity index (χ1v) is 4.95. The normalized spacial score (nSPS) is 9.67. The van der Waals surface area contributed by atoms with E-state index in [0.29, 0.717) is 12.3 Å². The van der Waals surface area contributed by atoms with Gasteiger partial charge in [-0.2, -0.15) is 0 Å². The van der Waals surface area contributed by atoms with E-state index < -0.39 is 6.09 Å². The molecule has 0 unspecified atom stereocenters. The van der Waals surface area contributed by atoms with E-state index in [1.807, 2.05) is 0 Å². The van der Waals surface area contributed by atoms with E-state index in [1.165, 1.54) is 0 Å². The van der Waals surface area contributed by atoms with Gasteiger partial charge in [0.15, 0.2) is 0 Å². The first kappa shape index (κ1) is 11.4. The molecule has 0 aromatic heterocycles. The molecule has 1 amide bonds. The van der Waals surface area contributed by atoms with Crippen LogP contribution in [0.1, 0.15) is 19.8 Å². The Morgan fingerprint density at radius 3 is 2.60 bits per heavy atom. The van der Waals surface area contributed by atoms with Crippen molar-refractivity contribution in [3.05, 3.63) is 24.3 Å². The molecule has 15 heavy (non-hydrogen) atoms. The van der Waals surface area contributed by atoms with Crippen LogP contribution in [0.25, 0.3) is 0 Å². The number of amides is 1. The lowest BCUT2D eigenvalue weighted by molar-refractivity contribution is 0.209. The Morgan fingerprint density at radius 2 is 2.07 bits per heavy atom. The van der Waals surface area contributed by atoms with Crippen molar-refractivity contribution < 1.29 is 14.6 Å². The summed E-state index contributed by atoms with van der Waals surface area (Å²) in [4.78, 5) is 10.3. The van der Waals surface area contributed by atoms with Gasteiger partial charge in [0, 0.05) is 5.69 Å². The predicted octanol–water partition coefficient (Wildman–Crippen LogP) is 2.96. The Kier molecular flexibility index (Phi) is 4.47. The highest BCUT2D eigenvalue weighted by atomic mass is 16.5. The second-order valence-corrected chi connectivity index (χ2v) is 3.16. The van der Waals surface area contributed by atoms with Crippen molar-refractivity contribution in [1.82, 2.24) is 0 Å². The molecule has 1 rings (SSSR count). The minimum Gasteiger partial charge on any atom is -0.494 e. The molecular weight excluding hydrogens is 194 g/mol. The summed E-state index contributed by atoms with van der Waals surface area (Å²) < 4.78 is 5.43. The summed E-state index contributed by atoms with van der Waals surface area (Å²) in [7, 11) is 0. The number of unbranched alkanes of at least 4 members (excludes halogenated alkanes) is 1. The number of rotatable bonds is 5. The van der Waals surface area contributed by atoms with Gasteiger partial charge in [-0.3, -0.25) is 5.32 Å². The van der Waals surface area contributed by atoms with Gasteiger partial charge in [-0.1, -0.05) is 13.3 Å². The van der Waals surface area contributed by atoms with E-state index in [9.17, 15) is 4.79 Å². The average Bonchev–Trinajstić information content (AvgIpc) is 2.20. The number of hydrogen-bond acceptors (Lipinski definition) is 2. The largest absolute Gasteiger partial charge is 0.494 e. The van der Waals surface area contributed by atoms with Crippen molar-refractivity contribution in [2.45, 2.75) is 19.8 Å². The van der Waals surface area contributed by atoms with Crippen LogP contribution in [0.2, 0.25) is 0 Å². The highest BCUT2D eigenvalue weighted by Crippen LogP contribution is 2.15. The molecule has 1 aromatic carbocycles. The molecule has 0 heterocycles. The number of anilines is 1. The van der Waals surface area contributed by atoms with Crippen molar-refractivity contribution in [3.8, 4) is 5.75 Å². The monoisotopic (exact) mass is 209 g/mol. The van der Waals surface area contributed by atoms with Crippen molar-refractivity contribution in [2.75, 3.05) is 11.9 Å². The third-order valence-electron chi connectivity index (χ3n) is 1.87. The summed E-state index contributed by atoms with van der Waals surface area (Å²) in [6.45, 7) is 2.80. The highest BCUT2D eigenvalue weighted by molar-refractivity contribution is 5.82. The number of carbonyl (C=O) groups is 1. The number of hydrogen-bond donors (Lipinski definition) is 2. The lowest BCUT2D eigenvalue weighted by atomic mass is 10.3. The fourth-order valence-corrected chi connectivity index (χ4v) is 1.09. The molecular formula is C11H15NO3. The standard InChI is InChI=1S/C11H15NO3/c1-2-3-8-15-10-6-4-9(5-7-10)12-11(13)14/h4-7,12H,2-3,8H2,1H3,(H,13,14). The molecule has 4 nitrogen and oxygen atoms in total. The van der Waals surface area contributed by atoms with Gasteiger partial charge >= 0.3 is 6.09 Å². The molecule has 0 aliphatic carbocycles. The first-order chi connectivity index (χ1) is 7.22. The lowest BCUT2D eigenvalue weighted by Gasteiger charge is -2.06. The van der Waals surface area contributed by atoms with Crippen LogP contribution in [0, 0.1) is 0 Å². The van der Waals surface area contributed by atoms with Gasteiger partial charge in [-0.15, -0.1) is 0 Å². The maximum atomic E-state index is 10.3. The molecule has 2 N–H and O–H groups in total. The molecule has 1 aromatic rings. The van der Waals surface area contributed by atoms with Crippen LogP contribution in [0.3, 0.4) is 0 Å². The Labute approximate surface area is 88.9 Å². The molecule has 0 bridgehead atoms. The fourth-order valence-electron chi connectivity index (χ4n) is 1.09. The molecule has 0 radical (unpaired) electrons. The second kappa shape index (κ2) is 5.90. The maximum Gasteiger partial charge on any atom is 0.409 e. The summed E-state index contributed by atoms with van der Waals surface area (Å²) >= 11 is 0. The quantitative estimate of drug-likeness (QED) is 0.733. The number of benzene rings is 1. The van der Waals surface area contributed by atoms with E-state index in [4.69, 9.17) is 9.84 Å². The van der Waals surface area contributed by atoms with E-state index in [2.05, 4.69) is 12.2 Å². The van der Waals surface area contributed by atoms with Crippen LogP contribution < -0.4 is 10.1 Å². The minimum absolute atomic E-state index is 0.547. The smallest absolute Gasteiger partial charge is 0.409 e. The Bertz CT molecular complexity index is 308. The second-order valence-electron chi connectivity index (χ2n) is 3.16. The molecule has 0 fully saturated rings. The van der Waals surface area contributed by atoms with E-state index in [1.54, 1.807) is 24.3 Å². The van der Waals surface area contributed by atoms with Crippen molar-refractivity contribution in [3.63, 3.8) is 0 Å². The Morgan fingerprint density at radius 1 is 1.40 bits per heavy atom. The zero-order valence-corrected chi connectivity index (χ0v) is 8.69. The Balaban J connectivity index is 2.45. The van der Waals surface area contributed by atoms with Gasteiger partial charge in [0.1, 0.15) is 5.75 Å². The van der Waals surface area contributed by atoms with Crippen molar-refractivity contribution in [1.29, 1.82) is 0 Å². The predicted molar refractivity (Wildman–Crippen MR) is 58.5 cm³/mol. The molecule has 4 heteroatoms. The lowest BCUT2D eigenvalue weighted by Crippen LogP contribution is -2.06. The molecule has 0 spiro atoms. The topological polar surface area (TPSA) is 58.6 Å². The SMILES string of the molecule is CCCCOc1ccc(NC(=O)O)cc1. The van der Waals surface area contributed by atoms with Gasteiger partial charge in [0.05, 0.1) is 6.61 Å². The summed E-state index contributed by atoms with van der Waals surface area (Å²) in [5.41, 5.74) is 0.547. The van der Waals surface area contributed by atoms with Crippen LogP contribution in [0.15, 0.2) is 24.3 Å². The molecule has 0 saturated heterocycles. The summed E-state index contributed by atoms with van der Waals surface area (Å²) in [6.07, 6.45) is 1.06. The molecule has 0 saturated carbocycles. The van der Waals surface area contributed by atoms with Gasteiger partial charge in [-0.25, -0.2) is 4.79 Å². The van der Waals surface area contributed by atoms with Gasteiger partial charge in [0.2, 0.25) is 0 Å². The van der Waals surface area contributed by atoms with Crippen LogP contribution in [-0.2, 0) is 0 Å². The zero-order chi connectivity index (χ0) is 11.1.